The predicted molar refractivity (Wildman–Crippen MR) is 80.3 cm³/mol. The highest BCUT2D eigenvalue weighted by molar-refractivity contribution is 7.89. The molecule has 1 aromatic rings. The average Bonchev–Trinajstić information content (AvgIpc) is 2.47. The molecule has 2 unspecified atom stereocenters. The molecule has 3 rings (SSSR count). The van der Waals surface area contributed by atoms with Crippen molar-refractivity contribution in [1.82, 2.24) is 4.31 Å². The van der Waals surface area contributed by atoms with Gasteiger partial charge in [-0.2, -0.15) is 4.31 Å². The summed E-state index contributed by atoms with van der Waals surface area (Å²) in [4.78, 5) is 0.358. The van der Waals surface area contributed by atoms with Gasteiger partial charge in [-0.25, -0.2) is 8.42 Å². The number of rotatable bonds is 2. The van der Waals surface area contributed by atoms with E-state index in [2.05, 4.69) is 0 Å². The minimum absolute atomic E-state index is 0.358. The standard InChI is InChI=1S/C15H20ClNO2S/c16-14-5-7-15(8-6-14)20(18,19)17-10-9-12-3-1-2-4-13(12)11-17/h5-8,12-13H,1-4,9-11H2. The van der Waals surface area contributed by atoms with Crippen molar-refractivity contribution in [2.45, 2.75) is 37.0 Å². The minimum Gasteiger partial charge on any atom is -0.207 e. The van der Waals surface area contributed by atoms with E-state index in [-0.39, 0.29) is 0 Å². The molecular formula is C15H20ClNO2S. The van der Waals surface area contributed by atoms with E-state index in [0.29, 0.717) is 28.9 Å². The Hall–Kier alpha value is -0.580. The first-order valence-electron chi connectivity index (χ1n) is 7.33. The van der Waals surface area contributed by atoms with Crippen LogP contribution in [0.15, 0.2) is 29.2 Å². The van der Waals surface area contributed by atoms with Crippen LogP contribution in [0, 0.1) is 11.8 Å². The van der Waals surface area contributed by atoms with Crippen molar-refractivity contribution < 1.29 is 8.42 Å². The molecule has 20 heavy (non-hydrogen) atoms. The molecule has 0 N–H and O–H groups in total. The Morgan fingerprint density at radius 2 is 1.65 bits per heavy atom. The molecule has 0 radical (unpaired) electrons. The minimum atomic E-state index is -3.35. The molecule has 1 aromatic carbocycles. The Morgan fingerprint density at radius 1 is 1.00 bits per heavy atom. The fourth-order valence-corrected chi connectivity index (χ4v) is 5.18. The maximum Gasteiger partial charge on any atom is 0.243 e. The molecule has 2 atom stereocenters. The van der Waals surface area contributed by atoms with Crippen LogP contribution >= 0.6 is 11.6 Å². The largest absolute Gasteiger partial charge is 0.243 e. The molecule has 5 heteroatoms. The van der Waals surface area contributed by atoms with Crippen LogP contribution < -0.4 is 0 Å². The Kier molecular flexibility index (Phi) is 4.07. The third-order valence-corrected chi connectivity index (χ3v) is 6.84. The number of benzene rings is 1. The highest BCUT2D eigenvalue weighted by Gasteiger charge is 2.36. The van der Waals surface area contributed by atoms with E-state index < -0.39 is 10.0 Å². The highest BCUT2D eigenvalue weighted by atomic mass is 35.5. The number of nitrogens with zero attached hydrogens (tertiary/aromatic N) is 1. The van der Waals surface area contributed by atoms with E-state index in [4.69, 9.17) is 11.6 Å². The second kappa shape index (κ2) is 5.66. The van der Waals surface area contributed by atoms with Crippen molar-refractivity contribution in [3.8, 4) is 0 Å². The Bertz CT molecular complexity index is 570. The van der Waals surface area contributed by atoms with E-state index in [1.165, 1.54) is 25.7 Å². The van der Waals surface area contributed by atoms with Crippen molar-refractivity contribution in [3.63, 3.8) is 0 Å². The number of hydrogen-bond acceptors (Lipinski definition) is 2. The lowest BCUT2D eigenvalue weighted by Gasteiger charge is -2.40. The summed E-state index contributed by atoms with van der Waals surface area (Å²) in [6.07, 6.45) is 6.02. The topological polar surface area (TPSA) is 37.4 Å². The number of halogens is 1. The van der Waals surface area contributed by atoms with Gasteiger partial charge in [-0.15, -0.1) is 0 Å². The number of fused-ring (bicyclic) bond motifs is 1. The summed E-state index contributed by atoms with van der Waals surface area (Å²) in [6, 6.07) is 6.48. The molecule has 2 aliphatic rings. The first-order chi connectivity index (χ1) is 9.57. The third kappa shape index (κ3) is 2.74. The van der Waals surface area contributed by atoms with Crippen LogP contribution in [-0.4, -0.2) is 25.8 Å². The van der Waals surface area contributed by atoms with Gasteiger partial charge in [0.1, 0.15) is 0 Å². The van der Waals surface area contributed by atoms with Gasteiger partial charge in [0.25, 0.3) is 0 Å². The molecule has 0 spiro atoms. The first kappa shape index (κ1) is 14.4. The van der Waals surface area contributed by atoms with Gasteiger partial charge in [-0.3, -0.25) is 0 Å². The van der Waals surface area contributed by atoms with Gasteiger partial charge in [0.05, 0.1) is 4.90 Å². The highest BCUT2D eigenvalue weighted by Crippen LogP contribution is 2.37. The van der Waals surface area contributed by atoms with E-state index >= 15 is 0 Å². The van der Waals surface area contributed by atoms with Gasteiger partial charge in [-0.05, 0) is 48.9 Å². The number of sulfonamides is 1. The van der Waals surface area contributed by atoms with Crippen LogP contribution in [0.25, 0.3) is 0 Å². The molecular weight excluding hydrogens is 294 g/mol. The van der Waals surface area contributed by atoms with Crippen molar-refractivity contribution >= 4 is 21.6 Å². The zero-order valence-corrected chi connectivity index (χ0v) is 13.0. The SMILES string of the molecule is O=S(=O)(c1ccc(Cl)cc1)N1CCC2CCCCC2C1. The molecule has 0 bridgehead atoms. The maximum atomic E-state index is 12.7. The summed E-state index contributed by atoms with van der Waals surface area (Å²) < 4.78 is 27.0. The van der Waals surface area contributed by atoms with Crippen LogP contribution in [0.4, 0.5) is 0 Å². The number of hydrogen-bond donors (Lipinski definition) is 0. The van der Waals surface area contributed by atoms with Crippen molar-refractivity contribution in [2.75, 3.05) is 13.1 Å². The molecule has 3 nitrogen and oxygen atoms in total. The molecule has 0 aromatic heterocycles. The zero-order chi connectivity index (χ0) is 14.2. The number of piperidine rings is 1. The summed E-state index contributed by atoms with van der Waals surface area (Å²) in [7, 11) is -3.35. The lowest BCUT2D eigenvalue weighted by Crippen LogP contribution is -2.44. The quantitative estimate of drug-likeness (QED) is 0.837. The van der Waals surface area contributed by atoms with Crippen molar-refractivity contribution in [1.29, 1.82) is 0 Å². The molecule has 0 amide bonds. The van der Waals surface area contributed by atoms with E-state index in [9.17, 15) is 8.42 Å². The van der Waals surface area contributed by atoms with Gasteiger partial charge in [0.2, 0.25) is 10.0 Å². The van der Waals surface area contributed by atoms with Crippen LogP contribution in [0.2, 0.25) is 5.02 Å². The normalized spacial score (nSPS) is 28.1. The van der Waals surface area contributed by atoms with Crippen LogP contribution in [-0.2, 0) is 10.0 Å². The second-order valence-corrected chi connectivity index (χ2v) is 8.28. The zero-order valence-electron chi connectivity index (χ0n) is 11.5. The molecule has 1 aliphatic carbocycles. The maximum absolute atomic E-state index is 12.7. The molecule has 1 heterocycles. The van der Waals surface area contributed by atoms with Crippen molar-refractivity contribution in [3.05, 3.63) is 29.3 Å². The van der Waals surface area contributed by atoms with Crippen LogP contribution in [0.3, 0.4) is 0 Å². The summed E-state index contributed by atoms with van der Waals surface area (Å²) in [5.74, 6) is 1.29. The van der Waals surface area contributed by atoms with Gasteiger partial charge < -0.3 is 0 Å². The summed E-state index contributed by atoms with van der Waals surface area (Å²) in [6.45, 7) is 1.35. The molecule has 1 saturated heterocycles. The fourth-order valence-electron chi connectivity index (χ4n) is 3.54. The summed E-state index contributed by atoms with van der Waals surface area (Å²) in [5.41, 5.74) is 0. The van der Waals surface area contributed by atoms with Gasteiger partial charge in [0.15, 0.2) is 0 Å². The molecule has 1 aliphatic heterocycles. The lowest BCUT2D eigenvalue weighted by molar-refractivity contribution is 0.136. The smallest absolute Gasteiger partial charge is 0.207 e. The van der Waals surface area contributed by atoms with Crippen LogP contribution in [0.1, 0.15) is 32.1 Å². The Morgan fingerprint density at radius 3 is 2.35 bits per heavy atom. The average molecular weight is 314 g/mol. The van der Waals surface area contributed by atoms with E-state index in [1.54, 1.807) is 28.6 Å². The second-order valence-electron chi connectivity index (χ2n) is 5.91. The first-order valence-corrected chi connectivity index (χ1v) is 9.15. The van der Waals surface area contributed by atoms with Crippen molar-refractivity contribution in [2.24, 2.45) is 11.8 Å². The monoisotopic (exact) mass is 313 g/mol. The fraction of sp³-hybridized carbons (Fsp3) is 0.600. The van der Waals surface area contributed by atoms with Gasteiger partial charge >= 0.3 is 0 Å². The Balaban J connectivity index is 1.79. The van der Waals surface area contributed by atoms with Crippen LogP contribution in [0.5, 0.6) is 0 Å². The lowest BCUT2D eigenvalue weighted by atomic mass is 9.76. The molecule has 110 valence electrons. The third-order valence-electron chi connectivity index (χ3n) is 4.71. The summed E-state index contributed by atoms with van der Waals surface area (Å²) in [5, 5.41) is 0.565. The predicted octanol–water partition coefficient (Wildman–Crippen LogP) is 3.54. The van der Waals surface area contributed by atoms with E-state index in [0.717, 1.165) is 12.3 Å². The molecule has 2 fully saturated rings. The molecule has 1 saturated carbocycles. The van der Waals surface area contributed by atoms with Gasteiger partial charge in [0, 0.05) is 18.1 Å². The summed E-state index contributed by atoms with van der Waals surface area (Å²) >= 11 is 5.83. The van der Waals surface area contributed by atoms with E-state index in [1.807, 2.05) is 0 Å². The van der Waals surface area contributed by atoms with Gasteiger partial charge in [-0.1, -0.05) is 30.9 Å². The Labute approximate surface area is 126 Å².